The summed E-state index contributed by atoms with van der Waals surface area (Å²) >= 11 is 0. The van der Waals surface area contributed by atoms with Crippen molar-refractivity contribution in [3.05, 3.63) is 0 Å². The Kier molecular flexibility index (Phi) is 10.9. The van der Waals surface area contributed by atoms with Crippen LogP contribution >= 0.6 is 0 Å². The van der Waals surface area contributed by atoms with Gasteiger partial charge in [0.2, 0.25) is 0 Å². The molecule has 2 atom stereocenters. The van der Waals surface area contributed by atoms with Crippen LogP contribution in [0.25, 0.3) is 0 Å². The smallest absolute Gasteiger partial charge is 0.547 e. The Labute approximate surface area is 86.7 Å². The van der Waals surface area contributed by atoms with Crippen LogP contribution in [0.2, 0.25) is 0 Å². The Bertz CT molecular complexity index is 144. The number of rotatable bonds is 3. The molecule has 0 spiro atoms. The number of hydrogen-bond donors (Lipinski definition) is 3. The van der Waals surface area contributed by atoms with E-state index in [2.05, 4.69) is 0 Å². The van der Waals surface area contributed by atoms with Crippen LogP contribution in [0.15, 0.2) is 0 Å². The first kappa shape index (κ1) is 17.7. The molecule has 0 aromatic rings. The first-order valence-electron chi connectivity index (χ1n) is 2.24. The summed E-state index contributed by atoms with van der Waals surface area (Å²) in [6, 6.07) is 0. The van der Waals surface area contributed by atoms with Crippen molar-refractivity contribution in [2.45, 2.75) is 12.2 Å². The Morgan fingerprint density at radius 3 is 1.25 bits per heavy atom. The van der Waals surface area contributed by atoms with Crippen LogP contribution in [0, 0.1) is 0 Å². The van der Waals surface area contributed by atoms with E-state index in [1.165, 1.54) is 0 Å². The number of carbonyl (C=O) groups excluding carboxylic acids is 2. The van der Waals surface area contributed by atoms with Crippen molar-refractivity contribution in [1.82, 2.24) is 6.15 Å². The molecule has 0 aromatic carbocycles. The molecule has 0 saturated heterocycles. The van der Waals surface area contributed by atoms with E-state index >= 15 is 0 Å². The fourth-order valence-electron chi connectivity index (χ4n) is 0.258. The van der Waals surface area contributed by atoms with Gasteiger partial charge in [0.25, 0.3) is 0 Å². The average Bonchev–Trinajstić information content (AvgIpc) is 1.84. The van der Waals surface area contributed by atoms with Gasteiger partial charge in [-0.15, -0.1) is 0 Å². The summed E-state index contributed by atoms with van der Waals surface area (Å²) in [5.41, 5.74) is 0. The molecule has 0 aliphatic carbocycles. The van der Waals surface area contributed by atoms with Crippen LogP contribution in [0.4, 0.5) is 0 Å². The minimum absolute atomic E-state index is 0. The minimum Gasteiger partial charge on any atom is -0.547 e. The number of carbonyl (C=O) groups is 2. The van der Waals surface area contributed by atoms with Crippen molar-refractivity contribution >= 4 is 11.9 Å². The van der Waals surface area contributed by atoms with Crippen molar-refractivity contribution in [1.29, 1.82) is 0 Å². The quantitative estimate of drug-likeness (QED) is 0.463. The molecule has 0 amide bonds. The number of aliphatic carboxylic acids is 2. The van der Waals surface area contributed by atoms with Crippen molar-refractivity contribution in [2.75, 3.05) is 0 Å². The van der Waals surface area contributed by atoms with Gasteiger partial charge < -0.3 is 36.2 Å². The van der Waals surface area contributed by atoms with Crippen molar-refractivity contribution in [2.24, 2.45) is 0 Å². The van der Waals surface area contributed by atoms with Gasteiger partial charge in [-0.3, -0.25) is 0 Å². The van der Waals surface area contributed by atoms with E-state index in [1.807, 2.05) is 0 Å². The van der Waals surface area contributed by atoms with Crippen LogP contribution in [0.1, 0.15) is 0 Å². The van der Waals surface area contributed by atoms with Crippen LogP contribution in [0.3, 0.4) is 0 Å². The van der Waals surface area contributed by atoms with Gasteiger partial charge in [-0.1, -0.05) is 0 Å². The summed E-state index contributed by atoms with van der Waals surface area (Å²) in [5, 5.41) is 35.7. The van der Waals surface area contributed by atoms with Crippen LogP contribution in [-0.2, 0) is 35.8 Å². The summed E-state index contributed by atoms with van der Waals surface area (Å²) in [6.45, 7) is 0. The number of quaternary nitrogens is 1. The van der Waals surface area contributed by atoms with Crippen LogP contribution in [-0.4, -0.2) is 34.4 Å². The standard InChI is InChI=1S/C4H6O6.H3N.Zr/c5-1(3(7)8)2(6)4(9)10;;/h1-2,5-6H,(H,7,8)(H,9,10);1H3;/q;;+1/p-1. The third-order valence-corrected chi connectivity index (χ3v) is 0.782. The summed E-state index contributed by atoms with van der Waals surface area (Å²) in [5.74, 6) is -4.12. The summed E-state index contributed by atoms with van der Waals surface area (Å²) in [4.78, 5) is 19.3. The Balaban J connectivity index is -0.000000405. The van der Waals surface area contributed by atoms with Gasteiger partial charge in [-0.05, 0) is 0 Å². The first-order valence-corrected chi connectivity index (χ1v) is 2.24. The van der Waals surface area contributed by atoms with E-state index in [0.29, 0.717) is 0 Å². The Morgan fingerprint density at radius 1 is 1.00 bits per heavy atom. The van der Waals surface area contributed by atoms with E-state index in [0.717, 1.165) is 0 Å². The zero-order valence-electron chi connectivity index (χ0n) is 6.18. The molecule has 0 aromatic heterocycles. The molecule has 0 aliphatic rings. The molecule has 0 fully saturated rings. The second kappa shape index (κ2) is 7.36. The fraction of sp³-hybridized carbons (Fsp3) is 0.500. The predicted molar refractivity (Wildman–Crippen MR) is 28.0 cm³/mol. The van der Waals surface area contributed by atoms with Gasteiger partial charge in [-0.2, -0.15) is 0 Å². The topological polar surface area (TPSA) is 157 Å². The molecule has 0 saturated carbocycles. The maximum Gasteiger partial charge on any atom is 1.00 e. The van der Waals surface area contributed by atoms with Crippen LogP contribution < -0.4 is 16.4 Å². The molecule has 2 unspecified atom stereocenters. The zero-order valence-corrected chi connectivity index (χ0v) is 8.64. The SMILES string of the molecule is O=C([O-])C(O)C(O)C(=O)[O-].[NH4+].[Zr+]. The Morgan fingerprint density at radius 2 is 1.17 bits per heavy atom. The molecular weight excluding hydrogens is 249 g/mol. The van der Waals surface area contributed by atoms with Gasteiger partial charge in [0.1, 0.15) is 12.2 Å². The zero-order chi connectivity index (χ0) is 8.31. The molecule has 7 nitrogen and oxygen atoms in total. The van der Waals surface area contributed by atoms with Gasteiger partial charge in [0.15, 0.2) is 0 Å². The normalized spacial score (nSPS) is 13.2. The molecule has 1 radical (unpaired) electrons. The number of carboxylic acid groups (broad SMARTS) is 2. The monoisotopic (exact) mass is 256 g/mol. The number of carboxylic acids is 2. The summed E-state index contributed by atoms with van der Waals surface area (Å²) in [7, 11) is 0. The van der Waals surface area contributed by atoms with E-state index in [9.17, 15) is 19.8 Å². The van der Waals surface area contributed by atoms with E-state index in [1.54, 1.807) is 0 Å². The summed E-state index contributed by atoms with van der Waals surface area (Å²) in [6.07, 6.45) is -4.88. The molecule has 8 heteroatoms. The first-order chi connectivity index (χ1) is 4.46. The summed E-state index contributed by atoms with van der Waals surface area (Å²) < 4.78 is 0. The second-order valence-electron chi connectivity index (χ2n) is 1.53. The molecule has 6 N–H and O–H groups in total. The Hall–Kier alpha value is -0.297. The molecule has 69 valence electrons. The third kappa shape index (κ3) is 5.37. The second-order valence-corrected chi connectivity index (χ2v) is 1.53. The molecule has 0 rings (SSSR count). The minimum atomic E-state index is -2.44. The van der Waals surface area contributed by atoms with E-state index < -0.39 is 24.1 Å². The van der Waals surface area contributed by atoms with Crippen molar-refractivity contribution in [3.63, 3.8) is 0 Å². The average molecular weight is 257 g/mol. The van der Waals surface area contributed by atoms with E-state index in [4.69, 9.17) is 10.2 Å². The van der Waals surface area contributed by atoms with Gasteiger partial charge in [0.05, 0.1) is 11.9 Å². The van der Waals surface area contributed by atoms with Crippen molar-refractivity contribution < 1.29 is 56.2 Å². The van der Waals surface area contributed by atoms with Gasteiger partial charge in [0, 0.05) is 0 Å². The maximum absolute atomic E-state index is 9.63. The number of aliphatic hydroxyl groups excluding tert-OH is 2. The number of aliphatic hydroxyl groups is 2. The third-order valence-electron chi connectivity index (χ3n) is 0.782. The molecular formula is C4H8NO6Zr. The molecule has 12 heavy (non-hydrogen) atoms. The van der Waals surface area contributed by atoms with Gasteiger partial charge >= 0.3 is 26.2 Å². The molecule has 0 heterocycles. The maximum atomic E-state index is 9.63. The van der Waals surface area contributed by atoms with E-state index in [-0.39, 0.29) is 32.4 Å². The van der Waals surface area contributed by atoms with Crippen LogP contribution in [0.5, 0.6) is 0 Å². The van der Waals surface area contributed by atoms with Gasteiger partial charge in [-0.25, -0.2) is 0 Å². The number of hydrogen-bond acceptors (Lipinski definition) is 6. The largest absolute Gasteiger partial charge is 1.00 e. The molecule has 0 bridgehead atoms. The van der Waals surface area contributed by atoms with Crippen molar-refractivity contribution in [3.8, 4) is 0 Å². The predicted octanol–water partition coefficient (Wildman–Crippen LogP) is -4.42. The fourth-order valence-corrected chi connectivity index (χ4v) is 0.258. The molecule has 0 aliphatic heterocycles.